The zero-order chi connectivity index (χ0) is 12.0. The highest BCUT2D eigenvalue weighted by molar-refractivity contribution is 6.30. The Hall–Kier alpha value is -0.790. The van der Waals surface area contributed by atoms with E-state index >= 15 is 0 Å². The van der Waals surface area contributed by atoms with Gasteiger partial charge in [0, 0.05) is 11.6 Å². The highest BCUT2D eigenvalue weighted by atomic mass is 35.5. The Labute approximate surface area is 104 Å². The number of benzene rings is 1. The molecule has 0 aromatic heterocycles. The number of likely N-dealkylation sites (N-methyl/N-ethyl adjacent to an activating group) is 1. The van der Waals surface area contributed by atoms with E-state index in [1.165, 1.54) is 11.1 Å². The summed E-state index contributed by atoms with van der Waals surface area (Å²) in [6, 6.07) is 7.96. The number of nitrogens with one attached hydrogen (secondary N) is 1. The third-order valence-corrected chi connectivity index (χ3v) is 2.79. The lowest BCUT2D eigenvalue weighted by atomic mass is 10.0. The third kappa shape index (κ3) is 4.38. The van der Waals surface area contributed by atoms with Crippen molar-refractivity contribution in [2.75, 3.05) is 13.1 Å². The highest BCUT2D eigenvalue weighted by Gasteiger charge is 2.02. The van der Waals surface area contributed by atoms with Crippen molar-refractivity contribution < 1.29 is 0 Å². The predicted octanol–water partition coefficient (Wildman–Crippen LogP) is 3.99. The van der Waals surface area contributed by atoms with Crippen LogP contribution in [0.15, 0.2) is 29.8 Å². The maximum Gasteiger partial charge on any atom is 0.0406 e. The van der Waals surface area contributed by atoms with Crippen LogP contribution in [0, 0.1) is 5.92 Å². The van der Waals surface area contributed by atoms with Gasteiger partial charge in [0.2, 0.25) is 0 Å². The van der Waals surface area contributed by atoms with Crippen molar-refractivity contribution in [1.82, 2.24) is 5.32 Å². The Morgan fingerprint density at radius 2 is 1.94 bits per heavy atom. The number of halogens is 1. The lowest BCUT2D eigenvalue weighted by molar-refractivity contribution is 0.682. The minimum Gasteiger partial charge on any atom is -0.313 e. The Morgan fingerprint density at radius 3 is 2.44 bits per heavy atom. The second-order valence-corrected chi connectivity index (χ2v) is 4.64. The molecule has 0 aliphatic heterocycles. The van der Waals surface area contributed by atoms with Crippen molar-refractivity contribution in [3.8, 4) is 0 Å². The van der Waals surface area contributed by atoms with E-state index in [1.54, 1.807) is 0 Å². The minimum atomic E-state index is 0.565. The van der Waals surface area contributed by atoms with Crippen molar-refractivity contribution in [2.24, 2.45) is 5.92 Å². The van der Waals surface area contributed by atoms with Gasteiger partial charge in [0.25, 0.3) is 0 Å². The molecule has 1 nitrogen and oxygen atoms in total. The first kappa shape index (κ1) is 13.3. The monoisotopic (exact) mass is 237 g/mol. The Morgan fingerprint density at radius 1 is 1.31 bits per heavy atom. The van der Waals surface area contributed by atoms with Crippen LogP contribution in [-0.2, 0) is 0 Å². The molecule has 0 aliphatic rings. The maximum absolute atomic E-state index is 5.86. The quantitative estimate of drug-likeness (QED) is 0.817. The Bertz CT molecular complexity index is 338. The van der Waals surface area contributed by atoms with E-state index in [9.17, 15) is 0 Å². The molecule has 0 aliphatic carbocycles. The molecular weight excluding hydrogens is 218 g/mol. The number of hydrogen-bond acceptors (Lipinski definition) is 1. The normalized spacial score (nSPS) is 12.2. The third-order valence-electron chi connectivity index (χ3n) is 2.54. The standard InChI is InChI=1S/C14H20ClN/c1-4-16-10-13(11(2)3)9-12-5-7-14(15)8-6-12/h5-9,11,16H,4,10H2,1-3H3. The molecule has 0 heterocycles. The fraction of sp³-hybridized carbons (Fsp3) is 0.429. The average Bonchev–Trinajstić information content (AvgIpc) is 2.26. The molecule has 0 amide bonds. The largest absolute Gasteiger partial charge is 0.313 e. The smallest absolute Gasteiger partial charge is 0.0406 e. The van der Waals surface area contributed by atoms with E-state index in [2.05, 4.69) is 44.3 Å². The molecule has 88 valence electrons. The summed E-state index contributed by atoms with van der Waals surface area (Å²) in [7, 11) is 0. The fourth-order valence-electron chi connectivity index (χ4n) is 1.46. The van der Waals surface area contributed by atoms with Gasteiger partial charge in [-0.3, -0.25) is 0 Å². The van der Waals surface area contributed by atoms with Crippen LogP contribution in [0.2, 0.25) is 5.02 Å². The zero-order valence-electron chi connectivity index (χ0n) is 10.3. The zero-order valence-corrected chi connectivity index (χ0v) is 11.0. The van der Waals surface area contributed by atoms with Gasteiger partial charge in [-0.15, -0.1) is 0 Å². The summed E-state index contributed by atoms with van der Waals surface area (Å²) in [5.74, 6) is 0.565. The van der Waals surface area contributed by atoms with Crippen LogP contribution in [0.25, 0.3) is 6.08 Å². The van der Waals surface area contributed by atoms with Crippen molar-refractivity contribution in [3.63, 3.8) is 0 Å². The molecule has 0 saturated heterocycles. The van der Waals surface area contributed by atoms with E-state index in [0.717, 1.165) is 18.1 Å². The molecule has 1 aromatic rings. The minimum absolute atomic E-state index is 0.565. The fourth-order valence-corrected chi connectivity index (χ4v) is 1.59. The molecule has 0 unspecified atom stereocenters. The summed E-state index contributed by atoms with van der Waals surface area (Å²) < 4.78 is 0. The van der Waals surface area contributed by atoms with Crippen molar-refractivity contribution in [2.45, 2.75) is 20.8 Å². The topological polar surface area (TPSA) is 12.0 Å². The summed E-state index contributed by atoms with van der Waals surface area (Å²) in [5.41, 5.74) is 2.63. The number of hydrogen-bond donors (Lipinski definition) is 1. The van der Waals surface area contributed by atoms with Crippen molar-refractivity contribution in [3.05, 3.63) is 40.4 Å². The molecule has 1 aromatic carbocycles. The van der Waals surface area contributed by atoms with Crippen LogP contribution in [0.3, 0.4) is 0 Å². The summed E-state index contributed by atoms with van der Waals surface area (Å²) in [6.07, 6.45) is 2.24. The van der Waals surface area contributed by atoms with Gasteiger partial charge in [-0.05, 0) is 30.2 Å². The van der Waals surface area contributed by atoms with E-state index in [4.69, 9.17) is 11.6 Å². The van der Waals surface area contributed by atoms with Crippen LogP contribution in [0.4, 0.5) is 0 Å². The lowest BCUT2D eigenvalue weighted by Crippen LogP contribution is -2.18. The van der Waals surface area contributed by atoms with Crippen LogP contribution in [0.1, 0.15) is 26.3 Å². The van der Waals surface area contributed by atoms with Crippen molar-refractivity contribution in [1.29, 1.82) is 0 Å². The molecule has 0 spiro atoms. The predicted molar refractivity (Wildman–Crippen MR) is 72.8 cm³/mol. The highest BCUT2D eigenvalue weighted by Crippen LogP contribution is 2.16. The summed E-state index contributed by atoms with van der Waals surface area (Å²) in [4.78, 5) is 0. The molecule has 1 N–H and O–H groups in total. The second kappa shape index (κ2) is 6.72. The summed E-state index contributed by atoms with van der Waals surface area (Å²) in [6.45, 7) is 8.53. The van der Waals surface area contributed by atoms with Gasteiger partial charge in [0.1, 0.15) is 0 Å². The van der Waals surface area contributed by atoms with E-state index in [0.29, 0.717) is 5.92 Å². The van der Waals surface area contributed by atoms with Crippen LogP contribution in [0.5, 0.6) is 0 Å². The first-order valence-corrected chi connectivity index (χ1v) is 6.18. The molecule has 0 atom stereocenters. The molecule has 0 fully saturated rings. The number of rotatable bonds is 5. The maximum atomic E-state index is 5.86. The molecule has 1 rings (SSSR count). The van der Waals surface area contributed by atoms with Gasteiger partial charge >= 0.3 is 0 Å². The molecule has 2 heteroatoms. The summed E-state index contributed by atoms with van der Waals surface area (Å²) >= 11 is 5.86. The van der Waals surface area contributed by atoms with Gasteiger partial charge in [0.05, 0.1) is 0 Å². The van der Waals surface area contributed by atoms with E-state index in [-0.39, 0.29) is 0 Å². The van der Waals surface area contributed by atoms with Crippen LogP contribution < -0.4 is 5.32 Å². The SMILES string of the molecule is CCNCC(=Cc1ccc(Cl)cc1)C(C)C. The van der Waals surface area contributed by atoms with Gasteiger partial charge in [-0.25, -0.2) is 0 Å². The first-order chi connectivity index (χ1) is 7.63. The Kier molecular flexibility index (Phi) is 5.58. The van der Waals surface area contributed by atoms with Crippen molar-refractivity contribution >= 4 is 17.7 Å². The van der Waals surface area contributed by atoms with Gasteiger partial charge in [-0.2, -0.15) is 0 Å². The second-order valence-electron chi connectivity index (χ2n) is 4.21. The molecule has 0 radical (unpaired) electrons. The first-order valence-electron chi connectivity index (χ1n) is 5.80. The molecular formula is C14H20ClN. The summed E-state index contributed by atoms with van der Waals surface area (Å²) in [5, 5.41) is 4.15. The van der Waals surface area contributed by atoms with E-state index < -0.39 is 0 Å². The molecule has 16 heavy (non-hydrogen) atoms. The van der Waals surface area contributed by atoms with Gasteiger partial charge in [0.15, 0.2) is 0 Å². The average molecular weight is 238 g/mol. The van der Waals surface area contributed by atoms with Crippen LogP contribution in [-0.4, -0.2) is 13.1 Å². The molecule has 0 saturated carbocycles. The van der Waals surface area contributed by atoms with Gasteiger partial charge < -0.3 is 5.32 Å². The Balaban J connectivity index is 2.80. The molecule has 0 bridgehead atoms. The van der Waals surface area contributed by atoms with Gasteiger partial charge in [-0.1, -0.05) is 56.2 Å². The van der Waals surface area contributed by atoms with Crippen LogP contribution >= 0.6 is 11.6 Å². The lowest BCUT2D eigenvalue weighted by Gasteiger charge is -2.12. The van der Waals surface area contributed by atoms with E-state index in [1.807, 2.05) is 12.1 Å².